The minimum atomic E-state index is -0.135. The molecule has 4 aromatic carbocycles. The average Bonchev–Trinajstić information content (AvgIpc) is 3.29. The molecule has 0 aliphatic carbocycles. The van der Waals surface area contributed by atoms with Gasteiger partial charge in [-0.15, -0.1) is 10.2 Å². The lowest BCUT2D eigenvalue weighted by Crippen LogP contribution is -2.25. The van der Waals surface area contributed by atoms with Crippen LogP contribution in [-0.4, -0.2) is 20.7 Å². The first-order valence-electron chi connectivity index (χ1n) is 11.2. The molecule has 0 saturated carbocycles. The van der Waals surface area contributed by atoms with E-state index in [-0.39, 0.29) is 12.5 Å². The Morgan fingerprint density at radius 1 is 0.943 bits per heavy atom. The monoisotopic (exact) mass is 542 g/mol. The van der Waals surface area contributed by atoms with Crippen molar-refractivity contribution in [3.8, 4) is 5.69 Å². The molecule has 0 fully saturated rings. The Morgan fingerprint density at radius 3 is 2.54 bits per heavy atom. The van der Waals surface area contributed by atoms with Crippen molar-refractivity contribution < 1.29 is 4.79 Å². The van der Waals surface area contributed by atoms with E-state index in [2.05, 4.69) is 62.6 Å². The van der Waals surface area contributed by atoms with Crippen LogP contribution in [0, 0.1) is 6.92 Å². The number of nitrogens with zero attached hydrogens (tertiary/aromatic N) is 3. The summed E-state index contributed by atoms with van der Waals surface area (Å²) in [6.07, 6.45) is 0. The van der Waals surface area contributed by atoms with Crippen molar-refractivity contribution in [2.75, 3.05) is 0 Å². The Bertz CT molecular complexity index is 1490. The molecule has 5 nitrogen and oxygen atoms in total. The number of halogens is 1. The predicted molar refractivity (Wildman–Crippen MR) is 145 cm³/mol. The predicted octanol–water partition coefficient (Wildman–Crippen LogP) is 6.71. The molecule has 0 unspecified atom stereocenters. The summed E-state index contributed by atoms with van der Waals surface area (Å²) in [5.41, 5.74) is 3.96. The van der Waals surface area contributed by atoms with Gasteiger partial charge in [0.2, 0.25) is 0 Å². The number of hydrogen-bond acceptors (Lipinski definition) is 4. The molecule has 174 valence electrons. The molecular formula is C28H23BrN4OS. The molecule has 1 aromatic heterocycles. The highest BCUT2D eigenvalue weighted by Gasteiger charge is 2.17. The van der Waals surface area contributed by atoms with Crippen molar-refractivity contribution in [2.45, 2.75) is 24.4 Å². The van der Waals surface area contributed by atoms with Crippen LogP contribution in [0.15, 0.2) is 101 Å². The third-order valence-electron chi connectivity index (χ3n) is 5.68. The smallest absolute Gasteiger partial charge is 0.252 e. The number of aryl methyl sites for hydroxylation is 1. The van der Waals surface area contributed by atoms with Crippen molar-refractivity contribution >= 4 is 44.4 Å². The Morgan fingerprint density at radius 2 is 1.71 bits per heavy atom. The fraction of sp³-hybridized carbons (Fsp3) is 0.107. The van der Waals surface area contributed by atoms with Crippen molar-refractivity contribution in [3.63, 3.8) is 0 Å². The summed E-state index contributed by atoms with van der Waals surface area (Å²) in [6, 6.07) is 30.1. The van der Waals surface area contributed by atoms with E-state index in [1.54, 1.807) is 11.8 Å². The molecule has 5 rings (SSSR count). The number of aromatic nitrogens is 3. The van der Waals surface area contributed by atoms with Gasteiger partial charge in [-0.2, -0.15) is 0 Å². The van der Waals surface area contributed by atoms with Crippen LogP contribution >= 0.6 is 27.7 Å². The number of hydrogen-bond donors (Lipinski definition) is 1. The molecule has 0 bridgehead atoms. The van der Waals surface area contributed by atoms with E-state index in [9.17, 15) is 4.79 Å². The molecular weight excluding hydrogens is 520 g/mol. The van der Waals surface area contributed by atoms with Gasteiger partial charge in [0, 0.05) is 21.5 Å². The number of benzene rings is 4. The number of amides is 1. The molecule has 0 spiro atoms. The van der Waals surface area contributed by atoms with Gasteiger partial charge in [0.25, 0.3) is 5.91 Å². The zero-order chi connectivity index (χ0) is 24.2. The maximum absolute atomic E-state index is 13.1. The van der Waals surface area contributed by atoms with Gasteiger partial charge in [0.05, 0.1) is 6.54 Å². The molecule has 5 aromatic rings. The first kappa shape index (κ1) is 23.3. The van der Waals surface area contributed by atoms with Gasteiger partial charge in [-0.25, -0.2) is 0 Å². The third kappa shape index (κ3) is 5.31. The second kappa shape index (κ2) is 10.5. The average molecular weight is 543 g/mol. The van der Waals surface area contributed by atoms with Gasteiger partial charge in [-0.3, -0.25) is 9.36 Å². The SMILES string of the molecule is Cc1cccc(-n2c(CNC(=O)c3cccc4ccccc34)nnc2SCc2ccc(Br)cc2)c1. The Kier molecular flexibility index (Phi) is 6.97. The van der Waals surface area contributed by atoms with Crippen LogP contribution in [0.5, 0.6) is 0 Å². The fourth-order valence-corrected chi connectivity index (χ4v) is 5.13. The Balaban J connectivity index is 1.41. The van der Waals surface area contributed by atoms with E-state index in [1.807, 2.05) is 71.3 Å². The highest BCUT2D eigenvalue weighted by atomic mass is 79.9. The van der Waals surface area contributed by atoms with Gasteiger partial charge in [0.15, 0.2) is 11.0 Å². The first-order valence-corrected chi connectivity index (χ1v) is 13.0. The van der Waals surface area contributed by atoms with Gasteiger partial charge in [-0.1, -0.05) is 88.4 Å². The van der Waals surface area contributed by atoms with Crippen LogP contribution in [0.2, 0.25) is 0 Å². The largest absolute Gasteiger partial charge is 0.345 e. The third-order valence-corrected chi connectivity index (χ3v) is 7.21. The van der Waals surface area contributed by atoms with Gasteiger partial charge in [-0.05, 0) is 59.2 Å². The van der Waals surface area contributed by atoms with Gasteiger partial charge >= 0.3 is 0 Å². The number of thioether (sulfide) groups is 1. The highest BCUT2D eigenvalue weighted by Crippen LogP contribution is 2.26. The Labute approximate surface area is 216 Å². The quantitative estimate of drug-likeness (QED) is 0.232. The molecule has 1 heterocycles. The van der Waals surface area contributed by atoms with E-state index < -0.39 is 0 Å². The molecule has 7 heteroatoms. The maximum Gasteiger partial charge on any atom is 0.252 e. The normalized spacial score (nSPS) is 11.0. The summed E-state index contributed by atoms with van der Waals surface area (Å²) in [5, 5.41) is 14.7. The molecule has 0 aliphatic rings. The lowest BCUT2D eigenvalue weighted by molar-refractivity contribution is 0.0951. The lowest BCUT2D eigenvalue weighted by atomic mass is 10.0. The number of nitrogens with one attached hydrogen (secondary N) is 1. The summed E-state index contributed by atoms with van der Waals surface area (Å²) >= 11 is 5.11. The minimum Gasteiger partial charge on any atom is -0.345 e. The number of rotatable bonds is 7. The molecule has 1 amide bonds. The maximum atomic E-state index is 13.1. The minimum absolute atomic E-state index is 0.135. The molecule has 35 heavy (non-hydrogen) atoms. The zero-order valence-corrected chi connectivity index (χ0v) is 21.5. The standard InChI is InChI=1S/C28H23BrN4OS/c1-19-6-4-9-23(16-19)33-26(31-32-28(33)35-18-20-12-14-22(29)15-13-20)17-30-27(34)25-11-5-8-21-7-2-3-10-24(21)25/h2-16H,17-18H2,1H3,(H,30,34). The van der Waals surface area contributed by atoms with Crippen LogP contribution in [-0.2, 0) is 12.3 Å². The summed E-state index contributed by atoms with van der Waals surface area (Å²) in [4.78, 5) is 13.1. The number of fused-ring (bicyclic) bond motifs is 1. The van der Waals surface area contributed by atoms with Gasteiger partial charge < -0.3 is 5.32 Å². The topological polar surface area (TPSA) is 59.8 Å². The van der Waals surface area contributed by atoms with E-state index in [4.69, 9.17) is 0 Å². The van der Waals surface area contributed by atoms with E-state index >= 15 is 0 Å². The van der Waals surface area contributed by atoms with E-state index in [1.165, 1.54) is 5.56 Å². The van der Waals surface area contributed by atoms with Crippen LogP contribution in [0.1, 0.15) is 27.3 Å². The van der Waals surface area contributed by atoms with Crippen LogP contribution in [0.25, 0.3) is 16.5 Å². The fourth-order valence-electron chi connectivity index (χ4n) is 3.94. The lowest BCUT2D eigenvalue weighted by Gasteiger charge is -2.12. The molecule has 1 N–H and O–H groups in total. The van der Waals surface area contributed by atoms with Crippen LogP contribution in [0.3, 0.4) is 0 Å². The van der Waals surface area contributed by atoms with Crippen molar-refractivity contribution in [1.82, 2.24) is 20.1 Å². The van der Waals surface area contributed by atoms with Crippen molar-refractivity contribution in [3.05, 3.63) is 118 Å². The molecule has 0 aliphatic heterocycles. The van der Waals surface area contributed by atoms with Crippen LogP contribution < -0.4 is 5.32 Å². The second-order valence-corrected chi connectivity index (χ2v) is 10.1. The number of carbonyl (C=O) groups is 1. The highest BCUT2D eigenvalue weighted by molar-refractivity contribution is 9.10. The van der Waals surface area contributed by atoms with Crippen LogP contribution in [0.4, 0.5) is 0 Å². The van der Waals surface area contributed by atoms with Crippen molar-refractivity contribution in [2.24, 2.45) is 0 Å². The summed E-state index contributed by atoms with van der Waals surface area (Å²) in [5.74, 6) is 1.31. The van der Waals surface area contributed by atoms with Gasteiger partial charge in [0.1, 0.15) is 0 Å². The second-order valence-electron chi connectivity index (χ2n) is 8.20. The molecule has 0 saturated heterocycles. The Hall–Kier alpha value is -3.42. The van der Waals surface area contributed by atoms with E-state index in [0.717, 1.165) is 37.4 Å². The first-order chi connectivity index (χ1) is 17.1. The summed E-state index contributed by atoms with van der Waals surface area (Å²) < 4.78 is 3.08. The summed E-state index contributed by atoms with van der Waals surface area (Å²) in [6.45, 7) is 2.33. The van der Waals surface area contributed by atoms with Crippen molar-refractivity contribution in [1.29, 1.82) is 0 Å². The molecule has 0 radical (unpaired) electrons. The molecule has 0 atom stereocenters. The zero-order valence-electron chi connectivity index (χ0n) is 19.1. The number of carbonyl (C=O) groups excluding carboxylic acids is 1. The summed E-state index contributed by atoms with van der Waals surface area (Å²) in [7, 11) is 0. The van der Waals surface area contributed by atoms with E-state index in [0.29, 0.717) is 11.4 Å².